The van der Waals surface area contributed by atoms with E-state index < -0.39 is 27.2 Å². The van der Waals surface area contributed by atoms with Crippen LogP contribution in [0, 0.1) is 0 Å². The van der Waals surface area contributed by atoms with E-state index in [-0.39, 0.29) is 22.3 Å². The maximum atomic E-state index is 13.4. The van der Waals surface area contributed by atoms with Crippen molar-refractivity contribution in [3.8, 4) is 17.2 Å². The van der Waals surface area contributed by atoms with Crippen molar-refractivity contribution in [2.45, 2.75) is 24.8 Å². The molecule has 4 rings (SSSR count). The van der Waals surface area contributed by atoms with Crippen LogP contribution in [0.5, 0.6) is 17.2 Å². The quantitative estimate of drug-likeness (QED) is 0.256. The highest BCUT2D eigenvalue weighted by Crippen LogP contribution is 2.35. The molecule has 1 fully saturated rings. The first-order valence-electron chi connectivity index (χ1n) is 11.3. The molecule has 0 aromatic heterocycles. The van der Waals surface area contributed by atoms with Crippen molar-refractivity contribution in [2.75, 3.05) is 26.2 Å². The number of piperidine rings is 1. The molecule has 0 atom stereocenters. The van der Waals surface area contributed by atoms with Crippen molar-refractivity contribution in [2.24, 2.45) is 0 Å². The molecule has 1 aliphatic rings. The fraction of sp³-hybridized carbons (Fsp3) is 0.320. The molecular weight excluding hydrogens is 499 g/mol. The summed E-state index contributed by atoms with van der Waals surface area (Å²) in [5.41, 5.74) is -5.96. The number of alkyl halides is 3. The number of carbonyl (C=O) groups is 1. The van der Waals surface area contributed by atoms with Crippen LogP contribution >= 0.6 is 0 Å². The normalized spacial score (nSPS) is 15.1. The van der Waals surface area contributed by atoms with Crippen LogP contribution in [0.3, 0.4) is 0 Å². The Kier molecular flexibility index (Phi) is 7.41. The van der Waals surface area contributed by atoms with E-state index in [1.807, 2.05) is 0 Å². The number of benzene rings is 3. The highest BCUT2D eigenvalue weighted by Gasteiger charge is 2.49. The summed E-state index contributed by atoms with van der Waals surface area (Å²) in [6, 6.07) is 12.1. The summed E-state index contributed by atoms with van der Waals surface area (Å²) in [6.45, 7) is 3.31. The number of fused-ring (bicyclic) bond motifs is 1. The zero-order chi connectivity index (χ0) is 25.9. The lowest BCUT2D eigenvalue weighted by Gasteiger charge is -2.26. The minimum Gasteiger partial charge on any atom is -0.508 e. The van der Waals surface area contributed by atoms with Crippen LogP contribution in [-0.4, -0.2) is 56.0 Å². The number of phenols is 1. The first-order valence-corrected chi connectivity index (χ1v) is 12.7. The molecule has 7 nitrogen and oxygen atoms in total. The third-order valence-electron chi connectivity index (χ3n) is 5.92. The van der Waals surface area contributed by atoms with E-state index in [4.69, 9.17) is 4.74 Å². The van der Waals surface area contributed by atoms with Crippen LogP contribution in [0.15, 0.2) is 54.6 Å². The molecule has 11 heteroatoms. The molecule has 1 heterocycles. The molecular formula is C25H24F3NO6S. The van der Waals surface area contributed by atoms with Crippen LogP contribution in [-0.2, 0) is 10.1 Å². The fourth-order valence-electron chi connectivity index (χ4n) is 4.09. The highest BCUT2D eigenvalue weighted by atomic mass is 32.2. The summed E-state index contributed by atoms with van der Waals surface area (Å²) in [6.07, 6.45) is 3.57. The van der Waals surface area contributed by atoms with Crippen molar-refractivity contribution in [3.63, 3.8) is 0 Å². The molecule has 0 radical (unpaired) electrons. The minimum absolute atomic E-state index is 0.0909. The highest BCUT2D eigenvalue weighted by molar-refractivity contribution is 7.88. The van der Waals surface area contributed by atoms with Gasteiger partial charge < -0.3 is 14.0 Å². The summed E-state index contributed by atoms with van der Waals surface area (Å²) < 4.78 is 72.3. The lowest BCUT2D eigenvalue weighted by molar-refractivity contribution is -0.0500. The smallest absolute Gasteiger partial charge is 0.508 e. The van der Waals surface area contributed by atoms with Crippen molar-refractivity contribution in [1.29, 1.82) is 0 Å². The number of hydrogen-bond acceptors (Lipinski definition) is 7. The third-order valence-corrected chi connectivity index (χ3v) is 6.88. The molecule has 1 aliphatic heterocycles. The number of carbonyl (C=O) groups excluding carboxylic acids is 1. The van der Waals surface area contributed by atoms with Crippen molar-refractivity contribution in [3.05, 3.63) is 65.7 Å². The number of nitrogens with zero attached hydrogens (tertiary/aromatic N) is 1. The number of halogens is 3. The molecule has 0 unspecified atom stereocenters. The summed E-state index contributed by atoms with van der Waals surface area (Å²) >= 11 is 0. The van der Waals surface area contributed by atoms with E-state index in [1.54, 1.807) is 12.1 Å². The van der Waals surface area contributed by atoms with Gasteiger partial charge in [0.25, 0.3) is 0 Å². The van der Waals surface area contributed by atoms with E-state index in [0.29, 0.717) is 17.7 Å². The summed E-state index contributed by atoms with van der Waals surface area (Å²) in [5.74, 6) is -1.14. The molecule has 192 valence electrons. The standard InChI is InChI=1S/C25H24F3NO6S/c26-25(27,28)36(32,33)35-22-11-6-18-16-19(30)7-10-21(18)23(22)24(31)17-4-8-20(9-5-17)34-15-14-29-12-2-1-3-13-29/h4-11,16,30H,1-3,12-15H2. The number of hydrogen-bond donors (Lipinski definition) is 1. The van der Waals surface area contributed by atoms with E-state index >= 15 is 0 Å². The van der Waals surface area contributed by atoms with E-state index in [9.17, 15) is 31.5 Å². The van der Waals surface area contributed by atoms with Crippen molar-refractivity contribution in [1.82, 2.24) is 4.90 Å². The fourth-order valence-corrected chi connectivity index (χ4v) is 4.56. The van der Waals surface area contributed by atoms with E-state index in [2.05, 4.69) is 9.08 Å². The molecule has 0 saturated carbocycles. The average Bonchev–Trinajstić information content (AvgIpc) is 2.84. The third kappa shape index (κ3) is 5.73. The van der Waals surface area contributed by atoms with Gasteiger partial charge in [-0.1, -0.05) is 12.5 Å². The summed E-state index contributed by atoms with van der Waals surface area (Å²) in [4.78, 5) is 15.7. The average molecular weight is 524 g/mol. The predicted octanol–water partition coefficient (Wildman–Crippen LogP) is 4.87. The Morgan fingerprint density at radius 3 is 2.33 bits per heavy atom. The van der Waals surface area contributed by atoms with Gasteiger partial charge in [0.15, 0.2) is 11.5 Å². The van der Waals surface area contributed by atoms with Gasteiger partial charge in [-0.2, -0.15) is 21.6 Å². The van der Waals surface area contributed by atoms with Crippen LogP contribution in [0.2, 0.25) is 0 Å². The van der Waals surface area contributed by atoms with Crippen LogP contribution in [0.4, 0.5) is 13.2 Å². The van der Waals surface area contributed by atoms with Gasteiger partial charge >= 0.3 is 15.6 Å². The van der Waals surface area contributed by atoms with E-state index in [1.165, 1.54) is 55.7 Å². The molecule has 3 aromatic carbocycles. The summed E-state index contributed by atoms with van der Waals surface area (Å²) in [5, 5.41) is 10.2. The Morgan fingerprint density at radius 2 is 1.67 bits per heavy atom. The first-order chi connectivity index (χ1) is 17.0. The van der Waals surface area contributed by atoms with Crippen molar-refractivity contribution >= 4 is 26.7 Å². The van der Waals surface area contributed by atoms with Crippen LogP contribution in [0.1, 0.15) is 35.2 Å². The molecule has 0 bridgehead atoms. The molecule has 0 amide bonds. The lowest BCUT2D eigenvalue weighted by Crippen LogP contribution is -2.33. The van der Waals surface area contributed by atoms with E-state index in [0.717, 1.165) is 25.7 Å². The Hall–Kier alpha value is -3.31. The van der Waals surface area contributed by atoms with Crippen LogP contribution < -0.4 is 8.92 Å². The zero-order valence-corrected chi connectivity index (χ0v) is 19.9. The van der Waals surface area contributed by atoms with Gasteiger partial charge in [0.2, 0.25) is 0 Å². The second kappa shape index (κ2) is 10.4. The zero-order valence-electron chi connectivity index (χ0n) is 19.1. The first kappa shape index (κ1) is 25.8. The number of ketones is 1. The number of ether oxygens (including phenoxy) is 1. The maximum Gasteiger partial charge on any atom is 0.534 e. The molecule has 1 N–H and O–H groups in total. The summed E-state index contributed by atoms with van der Waals surface area (Å²) in [7, 11) is -6.02. The molecule has 1 saturated heterocycles. The SMILES string of the molecule is O=C(c1ccc(OCCN2CCCCC2)cc1)c1c(OS(=O)(=O)C(F)(F)F)ccc2cc(O)ccc12. The van der Waals surface area contributed by atoms with Gasteiger partial charge in [-0.05, 0) is 85.2 Å². The number of aromatic hydroxyl groups is 1. The predicted molar refractivity (Wildman–Crippen MR) is 127 cm³/mol. The molecule has 3 aromatic rings. The monoisotopic (exact) mass is 523 g/mol. The van der Waals surface area contributed by atoms with Gasteiger partial charge in [-0.15, -0.1) is 0 Å². The number of likely N-dealkylation sites (tertiary alicyclic amines) is 1. The Morgan fingerprint density at radius 1 is 0.972 bits per heavy atom. The van der Waals surface area contributed by atoms with Gasteiger partial charge in [-0.25, -0.2) is 0 Å². The van der Waals surface area contributed by atoms with Gasteiger partial charge in [0.05, 0.1) is 5.56 Å². The topological polar surface area (TPSA) is 93.1 Å². The largest absolute Gasteiger partial charge is 0.534 e. The minimum atomic E-state index is -6.02. The lowest BCUT2D eigenvalue weighted by atomic mass is 9.96. The Bertz CT molecular complexity index is 1350. The molecule has 0 aliphatic carbocycles. The van der Waals surface area contributed by atoms with Gasteiger partial charge in [0, 0.05) is 12.1 Å². The second-order valence-electron chi connectivity index (χ2n) is 8.43. The van der Waals surface area contributed by atoms with Gasteiger partial charge in [0.1, 0.15) is 18.1 Å². The Labute approximate surface area is 206 Å². The number of rotatable bonds is 8. The Balaban J connectivity index is 1.60. The van der Waals surface area contributed by atoms with Crippen LogP contribution in [0.25, 0.3) is 10.8 Å². The van der Waals surface area contributed by atoms with Crippen molar-refractivity contribution < 1.29 is 40.4 Å². The second-order valence-corrected chi connectivity index (χ2v) is 9.97. The number of phenolic OH excluding ortho intramolecular Hbond substituents is 1. The molecule has 0 spiro atoms. The molecule has 36 heavy (non-hydrogen) atoms. The maximum absolute atomic E-state index is 13.4. The van der Waals surface area contributed by atoms with Gasteiger partial charge in [-0.3, -0.25) is 9.69 Å².